The first-order valence-electron chi connectivity index (χ1n) is 6.15. The van der Waals surface area contributed by atoms with Gasteiger partial charge in [-0.2, -0.15) is 0 Å². The molecule has 2 N–H and O–H groups in total. The molecule has 0 radical (unpaired) electrons. The average molecular weight is 338 g/mol. The number of rotatable bonds is 4. The Labute approximate surface area is 133 Å². The van der Waals surface area contributed by atoms with Gasteiger partial charge in [0.1, 0.15) is 22.7 Å². The molecule has 0 saturated heterocycles. The zero-order valence-electron chi connectivity index (χ0n) is 11.0. The van der Waals surface area contributed by atoms with Gasteiger partial charge in [0.05, 0.1) is 17.1 Å². The van der Waals surface area contributed by atoms with Crippen LogP contribution in [0.3, 0.4) is 0 Å². The normalized spacial score (nSPS) is 10.8. The number of nitrogens with one attached hydrogen (secondary N) is 2. The second-order valence-electron chi connectivity index (χ2n) is 4.25. The Balaban J connectivity index is 1.65. The van der Waals surface area contributed by atoms with E-state index in [0.29, 0.717) is 21.9 Å². The van der Waals surface area contributed by atoms with Crippen molar-refractivity contribution in [3.63, 3.8) is 0 Å². The first-order chi connectivity index (χ1) is 10.6. The van der Waals surface area contributed by atoms with Gasteiger partial charge >= 0.3 is 0 Å². The minimum atomic E-state index is -0.531. The number of carbonyl (C=O) groups excluding carboxylic acids is 1. The second-order valence-corrected chi connectivity index (χ2v) is 5.62. The maximum absolute atomic E-state index is 13.1. The van der Waals surface area contributed by atoms with Crippen LogP contribution >= 0.6 is 23.4 Å². The van der Waals surface area contributed by atoms with Gasteiger partial charge in [0.15, 0.2) is 5.65 Å². The number of amides is 1. The van der Waals surface area contributed by atoms with E-state index < -0.39 is 5.82 Å². The number of thioether (sulfide) groups is 1. The lowest BCUT2D eigenvalue weighted by Gasteiger charge is -2.06. The lowest BCUT2D eigenvalue weighted by Crippen LogP contribution is -2.14. The number of halogens is 2. The Hall–Kier alpha value is -2.19. The van der Waals surface area contributed by atoms with Crippen molar-refractivity contribution in [1.82, 2.24) is 19.9 Å². The topological polar surface area (TPSA) is 83.6 Å². The van der Waals surface area contributed by atoms with Gasteiger partial charge in [0.25, 0.3) is 0 Å². The van der Waals surface area contributed by atoms with Gasteiger partial charge in [0.2, 0.25) is 5.91 Å². The Morgan fingerprint density at radius 3 is 3.05 bits per heavy atom. The van der Waals surface area contributed by atoms with Gasteiger partial charge in [-0.3, -0.25) is 4.79 Å². The number of H-pyrrole nitrogens is 1. The lowest BCUT2D eigenvalue weighted by atomic mass is 10.3. The zero-order chi connectivity index (χ0) is 15.5. The Morgan fingerprint density at radius 2 is 2.23 bits per heavy atom. The Kier molecular flexibility index (Phi) is 4.21. The molecular formula is C13H9ClFN5OS. The van der Waals surface area contributed by atoms with Crippen molar-refractivity contribution in [2.45, 2.75) is 5.03 Å². The van der Waals surface area contributed by atoms with Crippen molar-refractivity contribution < 1.29 is 9.18 Å². The quantitative estimate of drug-likeness (QED) is 0.565. The van der Waals surface area contributed by atoms with Crippen LogP contribution in [0.1, 0.15) is 0 Å². The number of anilines is 1. The number of aromatic nitrogens is 4. The maximum atomic E-state index is 13.1. The highest BCUT2D eigenvalue weighted by Gasteiger charge is 2.10. The van der Waals surface area contributed by atoms with Crippen LogP contribution in [-0.2, 0) is 4.79 Å². The van der Waals surface area contributed by atoms with Gasteiger partial charge in [-0.15, -0.1) is 0 Å². The van der Waals surface area contributed by atoms with Crippen LogP contribution in [0, 0.1) is 5.82 Å². The molecule has 2 aromatic heterocycles. The molecule has 0 bridgehead atoms. The van der Waals surface area contributed by atoms with E-state index in [4.69, 9.17) is 11.6 Å². The van der Waals surface area contributed by atoms with Crippen LogP contribution in [0.25, 0.3) is 11.2 Å². The van der Waals surface area contributed by atoms with E-state index in [1.807, 2.05) is 0 Å². The molecule has 3 rings (SSSR count). The minimum absolute atomic E-state index is 0.0413. The predicted octanol–water partition coefficient (Wildman–Crippen LogP) is 2.88. The molecule has 0 aliphatic rings. The van der Waals surface area contributed by atoms with E-state index in [0.717, 1.165) is 0 Å². The largest absolute Gasteiger partial charge is 0.341 e. The van der Waals surface area contributed by atoms with Gasteiger partial charge < -0.3 is 10.3 Å². The number of imidazole rings is 1. The molecule has 0 unspecified atom stereocenters. The fourth-order valence-corrected chi connectivity index (χ4v) is 2.69. The Morgan fingerprint density at radius 1 is 1.36 bits per heavy atom. The average Bonchev–Trinajstić information content (AvgIpc) is 2.98. The molecule has 0 atom stereocenters. The third-order valence-corrected chi connectivity index (χ3v) is 4.01. The lowest BCUT2D eigenvalue weighted by molar-refractivity contribution is -0.113. The van der Waals surface area contributed by atoms with Gasteiger partial charge in [-0.1, -0.05) is 23.4 Å². The number of carbonyl (C=O) groups is 1. The molecule has 1 amide bonds. The molecule has 0 fully saturated rings. The SMILES string of the molecule is O=C(CSc1ncnc2nc[nH]c12)Nc1ccc(F)c(Cl)c1. The number of nitrogens with zero attached hydrogens (tertiary/aromatic N) is 3. The van der Waals surface area contributed by atoms with E-state index in [1.165, 1.54) is 42.6 Å². The summed E-state index contributed by atoms with van der Waals surface area (Å²) >= 11 is 6.91. The van der Waals surface area contributed by atoms with Crippen molar-refractivity contribution in [2.75, 3.05) is 11.1 Å². The van der Waals surface area contributed by atoms with Crippen LogP contribution in [0.4, 0.5) is 10.1 Å². The molecule has 0 aliphatic heterocycles. The summed E-state index contributed by atoms with van der Waals surface area (Å²) in [6.07, 6.45) is 2.91. The third kappa shape index (κ3) is 3.18. The fourth-order valence-electron chi connectivity index (χ4n) is 1.76. The molecule has 2 heterocycles. The van der Waals surface area contributed by atoms with E-state index in [-0.39, 0.29) is 16.7 Å². The highest BCUT2D eigenvalue weighted by molar-refractivity contribution is 8.00. The predicted molar refractivity (Wildman–Crippen MR) is 82.4 cm³/mol. The highest BCUT2D eigenvalue weighted by Crippen LogP contribution is 2.23. The summed E-state index contributed by atoms with van der Waals surface area (Å²) in [7, 11) is 0. The first-order valence-corrected chi connectivity index (χ1v) is 7.51. The maximum Gasteiger partial charge on any atom is 0.234 e. The van der Waals surface area contributed by atoms with Crippen LogP contribution in [0.2, 0.25) is 5.02 Å². The van der Waals surface area contributed by atoms with Crippen molar-refractivity contribution in [1.29, 1.82) is 0 Å². The first kappa shape index (κ1) is 14.7. The Bertz CT molecular complexity index is 840. The number of hydrogen-bond donors (Lipinski definition) is 2. The molecule has 1 aromatic carbocycles. The zero-order valence-corrected chi connectivity index (χ0v) is 12.6. The van der Waals surface area contributed by atoms with E-state index >= 15 is 0 Å². The van der Waals surface area contributed by atoms with E-state index in [1.54, 1.807) is 0 Å². The highest BCUT2D eigenvalue weighted by atomic mass is 35.5. The van der Waals surface area contributed by atoms with Crippen LogP contribution < -0.4 is 5.32 Å². The monoisotopic (exact) mass is 337 g/mol. The summed E-state index contributed by atoms with van der Waals surface area (Å²) in [6, 6.07) is 4.00. The van der Waals surface area contributed by atoms with Crippen molar-refractivity contribution in [3.05, 3.63) is 41.7 Å². The van der Waals surface area contributed by atoms with Crippen molar-refractivity contribution >= 4 is 46.1 Å². The van der Waals surface area contributed by atoms with Crippen molar-refractivity contribution in [3.8, 4) is 0 Å². The standard InChI is InChI=1S/C13H9ClFN5OS/c14-8-3-7(1-2-9(8)15)20-10(21)4-22-13-11-12(17-5-16-11)18-6-19-13/h1-3,5-6H,4H2,(H,20,21)(H,16,17,18,19). The number of aromatic amines is 1. The summed E-state index contributed by atoms with van der Waals surface area (Å²) in [4.78, 5) is 27.0. The van der Waals surface area contributed by atoms with E-state index in [2.05, 4.69) is 25.3 Å². The van der Waals surface area contributed by atoms with Crippen LogP contribution in [0.5, 0.6) is 0 Å². The number of hydrogen-bond acceptors (Lipinski definition) is 5. The molecule has 3 aromatic rings. The van der Waals surface area contributed by atoms with Gasteiger partial charge in [-0.05, 0) is 18.2 Å². The summed E-state index contributed by atoms with van der Waals surface area (Å²) in [5, 5.41) is 3.23. The number of fused-ring (bicyclic) bond motifs is 1. The van der Waals surface area contributed by atoms with Crippen molar-refractivity contribution in [2.24, 2.45) is 0 Å². The number of benzene rings is 1. The molecule has 0 saturated carbocycles. The molecular weight excluding hydrogens is 329 g/mol. The second kappa shape index (κ2) is 6.29. The minimum Gasteiger partial charge on any atom is -0.341 e. The van der Waals surface area contributed by atoms with Gasteiger partial charge in [-0.25, -0.2) is 19.3 Å². The third-order valence-electron chi connectivity index (χ3n) is 2.73. The molecule has 9 heteroatoms. The molecule has 22 heavy (non-hydrogen) atoms. The summed E-state index contributed by atoms with van der Waals surface area (Å²) in [6.45, 7) is 0. The summed E-state index contributed by atoms with van der Waals surface area (Å²) in [5.74, 6) is -0.643. The summed E-state index contributed by atoms with van der Waals surface area (Å²) in [5.41, 5.74) is 1.67. The molecule has 6 nitrogen and oxygen atoms in total. The smallest absolute Gasteiger partial charge is 0.234 e. The molecule has 112 valence electrons. The molecule has 0 spiro atoms. The van der Waals surface area contributed by atoms with Crippen LogP contribution in [-0.4, -0.2) is 31.6 Å². The summed E-state index contributed by atoms with van der Waals surface area (Å²) < 4.78 is 13.1. The van der Waals surface area contributed by atoms with E-state index in [9.17, 15) is 9.18 Å². The molecule has 0 aliphatic carbocycles. The van der Waals surface area contributed by atoms with Crippen LogP contribution in [0.15, 0.2) is 35.9 Å². The van der Waals surface area contributed by atoms with Gasteiger partial charge in [0, 0.05) is 5.69 Å². The fraction of sp³-hybridized carbons (Fsp3) is 0.0769.